The first-order valence-corrected chi connectivity index (χ1v) is 14.3. The maximum atomic E-state index is 9.35. The van der Waals surface area contributed by atoms with Crippen LogP contribution in [0.5, 0.6) is 0 Å². The average Bonchev–Trinajstić information content (AvgIpc) is 2.49. The maximum absolute atomic E-state index is 9.35. The van der Waals surface area contributed by atoms with E-state index < -0.39 is 0 Å². The summed E-state index contributed by atoms with van der Waals surface area (Å²) in [6.07, 6.45) is 5.40. The van der Waals surface area contributed by atoms with Gasteiger partial charge in [0, 0.05) is 0 Å². The molecule has 2 rings (SSSR count). The van der Waals surface area contributed by atoms with Gasteiger partial charge in [0.15, 0.2) is 0 Å². The van der Waals surface area contributed by atoms with E-state index >= 15 is 0 Å². The van der Waals surface area contributed by atoms with Crippen molar-refractivity contribution in [2.45, 2.75) is 76.9 Å². The van der Waals surface area contributed by atoms with Crippen molar-refractivity contribution in [3.05, 3.63) is 0 Å². The Morgan fingerprint density at radius 2 is 1.40 bits per heavy atom. The molecule has 3 nitrogen and oxygen atoms in total. The molecule has 5 heteroatoms. The van der Waals surface area contributed by atoms with Crippen molar-refractivity contribution < 1.29 is 5.11 Å². The van der Waals surface area contributed by atoms with Gasteiger partial charge in [-0.05, 0) is 0 Å². The Hall–Kier alpha value is 1.15. The van der Waals surface area contributed by atoms with E-state index in [1.165, 1.54) is 45.3 Å². The van der Waals surface area contributed by atoms with Crippen molar-refractivity contribution in [2.24, 2.45) is 11.8 Å². The summed E-state index contributed by atoms with van der Waals surface area (Å²) >= 11 is 1.57. The predicted molar refractivity (Wildman–Crippen MR) is 122 cm³/mol. The molecule has 1 N–H and O–H groups in total. The van der Waals surface area contributed by atoms with E-state index in [9.17, 15) is 5.11 Å². The summed E-state index contributed by atoms with van der Waals surface area (Å²) in [4.78, 5) is 4.81. The van der Waals surface area contributed by atoms with Gasteiger partial charge >= 0.3 is 152 Å². The van der Waals surface area contributed by atoms with Gasteiger partial charge in [-0.2, -0.15) is 0 Å². The third-order valence-corrected chi connectivity index (χ3v) is 8.88. The van der Waals surface area contributed by atoms with Gasteiger partial charge in [0.25, 0.3) is 0 Å². The molecule has 25 heavy (non-hydrogen) atoms. The molecule has 0 amide bonds. The number of rotatable bonds is 2. The van der Waals surface area contributed by atoms with Crippen LogP contribution in [-0.4, -0.2) is 97.0 Å². The van der Waals surface area contributed by atoms with Crippen LogP contribution in [0.15, 0.2) is 0 Å². The molecular weight excluding hydrogens is 424 g/mol. The third-order valence-electron chi connectivity index (χ3n) is 5.19. The Labute approximate surface area is 180 Å². The van der Waals surface area contributed by atoms with Gasteiger partial charge in [-0.1, -0.05) is 28.7 Å². The number of likely N-dealkylation sites (tertiary alicyclic amines) is 2. The van der Waals surface area contributed by atoms with Crippen LogP contribution in [0, 0.1) is 11.8 Å². The molecule has 0 spiro atoms. The third kappa shape index (κ3) is 13.9. The van der Waals surface area contributed by atoms with Crippen LogP contribution in [0.2, 0.25) is 3.97 Å². The van der Waals surface area contributed by atoms with Crippen molar-refractivity contribution in [2.75, 3.05) is 40.3 Å². The van der Waals surface area contributed by atoms with Crippen molar-refractivity contribution >= 4 is 37.2 Å². The van der Waals surface area contributed by atoms with Gasteiger partial charge in [0.05, 0.1) is 0 Å². The molecule has 2 heterocycles. The van der Waals surface area contributed by atoms with Crippen molar-refractivity contribution in [3.63, 3.8) is 0 Å². The zero-order valence-electron chi connectivity index (χ0n) is 17.2. The van der Waals surface area contributed by atoms with E-state index in [1.807, 2.05) is 13.8 Å². The number of piperidine rings is 2. The monoisotopic (exact) mass is 472 g/mol. The summed E-state index contributed by atoms with van der Waals surface area (Å²) in [5.74, 6) is 1.58. The standard InChI is InChI=1S/C9H18N.C7H14NO.C2H6.2CH4.2Ga.4H/c1-8(2)9-5-4-6-10(3)7-9;1-8-4-2-3-7(5-8)6-9;1-2;;;;;;;;/h9H,4-7H2,1-3H3;6-7,9H,2-5H2,1H3;1-2H3;2*1H4;;;;;;. The van der Waals surface area contributed by atoms with Crippen LogP contribution >= 0.6 is 0 Å². The van der Waals surface area contributed by atoms with Crippen molar-refractivity contribution in [3.8, 4) is 0 Å². The topological polar surface area (TPSA) is 26.7 Å². The van der Waals surface area contributed by atoms with Crippen LogP contribution < -0.4 is 0 Å². The van der Waals surface area contributed by atoms with Crippen LogP contribution in [0.4, 0.5) is 0 Å². The molecule has 0 aliphatic carbocycles. The van der Waals surface area contributed by atoms with Gasteiger partial charge in [-0.25, -0.2) is 0 Å². The fourth-order valence-electron chi connectivity index (χ4n) is 3.47. The van der Waals surface area contributed by atoms with E-state index in [1.54, 1.807) is 0 Å². The molecule has 0 aromatic carbocycles. The van der Waals surface area contributed by atoms with E-state index in [4.69, 9.17) is 0 Å². The van der Waals surface area contributed by atoms with Gasteiger partial charge in [0.2, 0.25) is 0 Å². The molecule has 0 radical (unpaired) electrons. The normalized spacial score (nSPS) is 25.7. The molecule has 2 aliphatic rings. The molecule has 0 aromatic rings. The Morgan fingerprint density at radius 1 is 0.960 bits per heavy atom. The minimum absolute atomic E-state index is 0. The SMILES string of the molecule is C.C.CC.CN1CCCC([CH](O)[GaH2])C1.CN1CCCC([C](C)(C)[GaH2])C1. The first-order chi connectivity index (χ1) is 10.7. The number of aliphatic hydroxyl groups is 1. The van der Waals surface area contributed by atoms with Gasteiger partial charge in [-0.15, -0.1) is 0 Å². The van der Waals surface area contributed by atoms with E-state index in [0.29, 0.717) is 28.5 Å². The second-order valence-corrected chi connectivity index (χ2v) is 16.3. The Bertz CT molecular complexity index is 296. The number of hydrogen-bond donors (Lipinski definition) is 1. The zero-order valence-corrected chi connectivity index (χ0v) is 25.6. The number of aliphatic hydroxyl groups excluding tert-OH is 1. The summed E-state index contributed by atoms with van der Waals surface area (Å²) in [6.45, 7) is 13.9. The molecule has 2 saturated heterocycles. The number of nitrogens with zero attached hydrogens (tertiary/aromatic N) is 2. The Morgan fingerprint density at radius 3 is 1.68 bits per heavy atom. The molecule has 3 atom stereocenters. The summed E-state index contributed by atoms with van der Waals surface area (Å²) in [6, 6.07) is 0. The average molecular weight is 474 g/mol. The summed E-state index contributed by atoms with van der Waals surface area (Å²) in [7, 11) is 4.40. The first kappa shape index (κ1) is 30.9. The quantitative estimate of drug-likeness (QED) is 0.625. The molecule has 0 bridgehead atoms. The molecule has 2 fully saturated rings. The molecule has 0 saturated carbocycles. The molecule has 0 aromatic heterocycles. The van der Waals surface area contributed by atoms with Crippen LogP contribution in [0.3, 0.4) is 0 Å². The molecule has 2 aliphatic heterocycles. The van der Waals surface area contributed by atoms with Crippen LogP contribution in [0.1, 0.15) is 68.2 Å². The van der Waals surface area contributed by atoms with E-state index in [0.717, 1.165) is 31.1 Å². The van der Waals surface area contributed by atoms with Crippen molar-refractivity contribution in [1.29, 1.82) is 0 Å². The van der Waals surface area contributed by atoms with E-state index in [2.05, 4.69) is 37.7 Å². The molecule has 152 valence electrons. The van der Waals surface area contributed by atoms with Gasteiger partial charge in [0.1, 0.15) is 0 Å². The fraction of sp³-hybridized carbons (Fsp3) is 1.00. The molecular formula is C20H50Ga2N2O. The predicted octanol–water partition coefficient (Wildman–Crippen LogP) is 2.74. The van der Waals surface area contributed by atoms with Crippen LogP contribution in [0.25, 0.3) is 0 Å². The van der Waals surface area contributed by atoms with Gasteiger partial charge < -0.3 is 0 Å². The van der Waals surface area contributed by atoms with E-state index in [-0.39, 0.29) is 19.5 Å². The second kappa shape index (κ2) is 16.1. The molecule has 3 unspecified atom stereocenters. The summed E-state index contributed by atoms with van der Waals surface area (Å²) in [5.41, 5.74) is 0. The first-order valence-electron chi connectivity index (χ1n) is 9.75. The van der Waals surface area contributed by atoms with Crippen molar-refractivity contribution in [1.82, 2.24) is 9.80 Å². The number of hydrogen-bond acceptors (Lipinski definition) is 3. The Kier molecular flexibility index (Phi) is 19.9. The Balaban J connectivity index is -0.000000329. The minimum atomic E-state index is 0. The summed E-state index contributed by atoms with van der Waals surface area (Å²) in [5, 5.41) is 9.35. The fourth-order valence-corrected chi connectivity index (χ4v) is 5.60. The van der Waals surface area contributed by atoms with Crippen LogP contribution in [-0.2, 0) is 0 Å². The second-order valence-electron chi connectivity index (χ2n) is 8.37. The zero-order chi connectivity index (χ0) is 18.0. The summed E-state index contributed by atoms with van der Waals surface area (Å²) < 4.78 is 0.761. The van der Waals surface area contributed by atoms with Gasteiger partial charge in [-0.3, -0.25) is 0 Å².